The van der Waals surface area contributed by atoms with Gasteiger partial charge in [-0.3, -0.25) is 10.1 Å². The van der Waals surface area contributed by atoms with Crippen molar-refractivity contribution in [2.45, 2.75) is 6.92 Å². The number of halogens is 1. The van der Waals surface area contributed by atoms with Crippen molar-refractivity contribution in [3.63, 3.8) is 0 Å². The number of imidazole rings is 1. The van der Waals surface area contributed by atoms with Crippen LogP contribution in [0, 0.1) is 5.13 Å². The first-order valence-electron chi connectivity index (χ1n) is 12.0. The molecule has 0 atom stereocenters. The van der Waals surface area contributed by atoms with Crippen LogP contribution in [0.25, 0.3) is 50.7 Å². The third-order valence-corrected chi connectivity index (χ3v) is 6.86. The summed E-state index contributed by atoms with van der Waals surface area (Å²) >= 11 is 1.10. The van der Waals surface area contributed by atoms with Crippen LogP contribution >= 0.6 is 11.3 Å². The van der Waals surface area contributed by atoms with Crippen LogP contribution in [-0.4, -0.2) is 50.7 Å². The number of rotatable bonds is 8. The largest absolute Gasteiger partial charge is 0.357 e. The fraction of sp³-hybridized carbons (Fsp3) is 0.138. The number of H-pyrrole nitrogens is 2. The summed E-state index contributed by atoms with van der Waals surface area (Å²) in [6, 6.07) is 11.1. The van der Waals surface area contributed by atoms with Crippen molar-refractivity contribution in [1.29, 1.82) is 0 Å². The highest BCUT2D eigenvalue weighted by Gasteiger charge is 2.15. The number of anilines is 1. The van der Waals surface area contributed by atoms with Crippen LogP contribution < -0.4 is 15.9 Å². The maximum absolute atomic E-state index is 13.7. The molecule has 5 rings (SSSR count). The van der Waals surface area contributed by atoms with Gasteiger partial charge >= 0.3 is 0 Å². The third-order valence-electron chi connectivity index (χ3n) is 5.95. The summed E-state index contributed by atoms with van der Waals surface area (Å²) in [5.41, 5.74) is 6.51. The predicted molar refractivity (Wildman–Crippen MR) is 155 cm³/mol. The number of nitrogens with one attached hydrogen (secondary N) is 3. The van der Waals surface area contributed by atoms with Gasteiger partial charge in [0.15, 0.2) is 11.0 Å². The van der Waals surface area contributed by atoms with Crippen molar-refractivity contribution in [2.24, 2.45) is 0 Å². The van der Waals surface area contributed by atoms with Gasteiger partial charge in [-0.1, -0.05) is 31.4 Å². The summed E-state index contributed by atoms with van der Waals surface area (Å²) in [6.45, 7) is 11.0. The molecule has 4 aromatic heterocycles. The first-order valence-corrected chi connectivity index (χ1v) is 12.8. The first-order chi connectivity index (χ1) is 18.3. The second-order valence-electron chi connectivity index (χ2n) is 9.18. The average molecular weight is 526 g/mol. The zero-order chi connectivity index (χ0) is 26.8. The van der Waals surface area contributed by atoms with Crippen LogP contribution in [0.4, 0.5) is 10.1 Å². The van der Waals surface area contributed by atoms with Gasteiger partial charge in [-0.25, -0.2) is 4.98 Å². The molecule has 4 heterocycles. The van der Waals surface area contributed by atoms with Crippen molar-refractivity contribution < 1.29 is 4.39 Å². The van der Waals surface area contributed by atoms with E-state index < -0.39 is 0 Å². The number of aromatic nitrogens is 5. The SMILES string of the molecule is C=C(CN(C)C)Nc1cncc(C(=C)/C=c2/c(-c3nc4c(-c5ccc(F)s5)cccc4[nH]3)n[nH]/c2=C/C)c1. The molecule has 38 heavy (non-hydrogen) atoms. The Hall–Kier alpha value is -4.34. The van der Waals surface area contributed by atoms with Gasteiger partial charge < -0.3 is 15.2 Å². The number of hydrogen-bond donors (Lipinski definition) is 3. The Morgan fingerprint density at radius 3 is 2.76 bits per heavy atom. The van der Waals surface area contributed by atoms with Crippen molar-refractivity contribution in [3.05, 3.63) is 88.9 Å². The summed E-state index contributed by atoms with van der Waals surface area (Å²) in [5, 5.41) is 12.5. The van der Waals surface area contributed by atoms with Gasteiger partial charge in [0.05, 0.1) is 28.3 Å². The summed E-state index contributed by atoms with van der Waals surface area (Å²) in [6.07, 6.45) is 7.48. The molecule has 0 aliphatic carbocycles. The number of aromatic amines is 2. The van der Waals surface area contributed by atoms with Gasteiger partial charge in [-0.2, -0.15) is 9.49 Å². The number of likely N-dealkylation sites (N-methyl/N-ethyl adjacent to an activating group) is 1. The molecule has 0 fully saturated rings. The number of allylic oxidation sites excluding steroid dienone is 1. The number of nitrogens with zero attached hydrogens (tertiary/aromatic N) is 4. The average Bonchev–Trinajstić information content (AvgIpc) is 3.61. The lowest BCUT2D eigenvalue weighted by atomic mass is 10.1. The van der Waals surface area contributed by atoms with Crippen LogP contribution in [0.2, 0.25) is 0 Å². The maximum atomic E-state index is 13.7. The Balaban J connectivity index is 1.53. The normalized spacial score (nSPS) is 12.6. The van der Waals surface area contributed by atoms with Crippen LogP contribution in [0.1, 0.15) is 12.5 Å². The van der Waals surface area contributed by atoms with E-state index in [0.717, 1.165) is 65.9 Å². The molecule has 0 aliphatic heterocycles. The molecule has 7 nitrogen and oxygen atoms in total. The zero-order valence-corrected chi connectivity index (χ0v) is 22.3. The summed E-state index contributed by atoms with van der Waals surface area (Å²) in [5.74, 6) is 0.612. The number of thiophene rings is 1. The van der Waals surface area contributed by atoms with Gasteiger partial charge in [0, 0.05) is 39.7 Å². The van der Waals surface area contributed by atoms with E-state index in [-0.39, 0.29) is 5.13 Å². The van der Waals surface area contributed by atoms with Gasteiger partial charge in [0.2, 0.25) is 0 Å². The molecule has 0 amide bonds. The van der Waals surface area contributed by atoms with Crippen molar-refractivity contribution in [1.82, 2.24) is 30.0 Å². The summed E-state index contributed by atoms with van der Waals surface area (Å²) in [4.78, 5) is 15.5. The number of para-hydroxylation sites is 1. The van der Waals surface area contributed by atoms with Crippen LogP contribution in [0.5, 0.6) is 0 Å². The zero-order valence-electron chi connectivity index (χ0n) is 21.5. The quantitative estimate of drug-likeness (QED) is 0.266. The third kappa shape index (κ3) is 5.20. The minimum atomic E-state index is -0.227. The molecular formula is C29H28FN7S. The van der Waals surface area contributed by atoms with Crippen molar-refractivity contribution in [2.75, 3.05) is 26.0 Å². The van der Waals surface area contributed by atoms with E-state index in [9.17, 15) is 4.39 Å². The van der Waals surface area contributed by atoms with Crippen molar-refractivity contribution in [3.8, 4) is 22.0 Å². The molecule has 5 aromatic rings. The molecule has 1 aromatic carbocycles. The summed E-state index contributed by atoms with van der Waals surface area (Å²) < 4.78 is 13.7. The molecule has 0 aliphatic rings. The molecule has 9 heteroatoms. The molecule has 0 radical (unpaired) electrons. The van der Waals surface area contributed by atoms with E-state index in [1.54, 1.807) is 18.5 Å². The molecule has 0 saturated carbocycles. The van der Waals surface area contributed by atoms with Gasteiger partial charge in [0.1, 0.15) is 5.69 Å². The fourth-order valence-corrected chi connectivity index (χ4v) is 5.04. The minimum Gasteiger partial charge on any atom is -0.357 e. The van der Waals surface area contributed by atoms with Gasteiger partial charge in [0.25, 0.3) is 0 Å². The Labute approximate surface area is 223 Å². The van der Waals surface area contributed by atoms with Gasteiger partial charge in [-0.15, -0.1) is 11.3 Å². The topological polar surface area (TPSA) is 85.5 Å². The standard InChI is InChI=1S/C29H28FN7S/c1-6-23-22(12-17(2)19-13-20(15-31-14-19)32-18(3)16-37(4)5)28(36-35-23)29-33-24-9-7-8-21(27(24)34-29)25-10-11-26(30)38-25/h6-15,32,35H,2-3,16H2,1,4-5H3,(H,33,34)/b22-12+,23-6+. The molecule has 192 valence electrons. The Morgan fingerprint density at radius 1 is 1.18 bits per heavy atom. The van der Waals surface area contributed by atoms with Gasteiger partial charge in [-0.05, 0) is 56.9 Å². The predicted octanol–water partition coefficient (Wildman–Crippen LogP) is 5.00. The Morgan fingerprint density at radius 2 is 2.03 bits per heavy atom. The highest BCUT2D eigenvalue weighted by Crippen LogP contribution is 2.33. The smallest absolute Gasteiger partial charge is 0.176 e. The molecule has 0 saturated heterocycles. The first kappa shape index (κ1) is 25.3. The lowest BCUT2D eigenvalue weighted by Gasteiger charge is -2.14. The highest BCUT2D eigenvalue weighted by atomic mass is 32.1. The summed E-state index contributed by atoms with van der Waals surface area (Å²) in [7, 11) is 3.99. The Kier molecular flexibility index (Phi) is 7.04. The molecule has 0 unspecified atom stereocenters. The number of pyridine rings is 1. The lowest BCUT2D eigenvalue weighted by Crippen LogP contribution is -2.23. The minimum absolute atomic E-state index is 0.227. The Bertz CT molecular complexity index is 1770. The van der Waals surface area contributed by atoms with E-state index in [2.05, 4.69) is 38.6 Å². The second-order valence-corrected chi connectivity index (χ2v) is 10.2. The molecule has 0 bridgehead atoms. The monoisotopic (exact) mass is 525 g/mol. The molecule has 3 N–H and O–H groups in total. The second kappa shape index (κ2) is 10.6. The highest BCUT2D eigenvalue weighted by molar-refractivity contribution is 7.14. The molecule has 0 spiro atoms. The lowest BCUT2D eigenvalue weighted by molar-refractivity contribution is 0.447. The van der Waals surface area contributed by atoms with Crippen molar-refractivity contribution >= 4 is 45.8 Å². The van der Waals surface area contributed by atoms with Crippen LogP contribution in [0.15, 0.2) is 67.6 Å². The molecular weight excluding hydrogens is 497 g/mol. The van der Waals surface area contributed by atoms with E-state index in [4.69, 9.17) is 4.98 Å². The van der Waals surface area contributed by atoms with Crippen LogP contribution in [0.3, 0.4) is 0 Å². The fourth-order valence-electron chi connectivity index (χ4n) is 4.28. The van der Waals surface area contributed by atoms with E-state index in [1.165, 1.54) is 6.07 Å². The number of fused-ring (bicyclic) bond motifs is 1. The van der Waals surface area contributed by atoms with E-state index in [1.807, 2.05) is 62.3 Å². The van der Waals surface area contributed by atoms with E-state index >= 15 is 0 Å². The van der Waals surface area contributed by atoms with Crippen LogP contribution in [-0.2, 0) is 0 Å². The number of hydrogen-bond acceptors (Lipinski definition) is 6. The van der Waals surface area contributed by atoms with E-state index in [0.29, 0.717) is 18.1 Å². The number of benzene rings is 1. The maximum Gasteiger partial charge on any atom is 0.176 e.